The zero-order valence-electron chi connectivity index (χ0n) is 15.9. The number of hydrogen-bond acceptors (Lipinski definition) is 3. The molecule has 2 saturated carbocycles. The molecule has 0 aromatic rings. The van der Waals surface area contributed by atoms with Gasteiger partial charge in [-0.3, -0.25) is 4.90 Å². The Morgan fingerprint density at radius 3 is 2.33 bits per heavy atom. The van der Waals surface area contributed by atoms with Crippen molar-refractivity contribution < 1.29 is 9.47 Å². The summed E-state index contributed by atoms with van der Waals surface area (Å²) in [7, 11) is 1.82. The van der Waals surface area contributed by atoms with E-state index in [1.807, 2.05) is 7.11 Å². The minimum absolute atomic E-state index is 0.538. The van der Waals surface area contributed by atoms with Crippen molar-refractivity contribution in [1.29, 1.82) is 0 Å². The smallest absolute Gasteiger partial charge is 0.0618 e. The highest BCUT2D eigenvalue weighted by Crippen LogP contribution is 2.35. The molecule has 140 valence electrons. The van der Waals surface area contributed by atoms with E-state index in [9.17, 15) is 0 Å². The van der Waals surface area contributed by atoms with E-state index >= 15 is 0 Å². The van der Waals surface area contributed by atoms with Crippen LogP contribution in [0.3, 0.4) is 0 Å². The van der Waals surface area contributed by atoms with E-state index in [1.54, 1.807) is 0 Å². The fourth-order valence-corrected chi connectivity index (χ4v) is 5.34. The van der Waals surface area contributed by atoms with Crippen LogP contribution in [0.4, 0.5) is 0 Å². The minimum Gasteiger partial charge on any atom is -0.383 e. The summed E-state index contributed by atoms with van der Waals surface area (Å²) in [4.78, 5) is 2.57. The molecule has 3 aliphatic rings. The van der Waals surface area contributed by atoms with E-state index in [4.69, 9.17) is 9.47 Å². The van der Waals surface area contributed by atoms with E-state index in [0.29, 0.717) is 12.1 Å². The van der Waals surface area contributed by atoms with Crippen molar-refractivity contribution >= 4 is 0 Å². The van der Waals surface area contributed by atoms with Gasteiger partial charge in [-0.2, -0.15) is 0 Å². The topological polar surface area (TPSA) is 21.7 Å². The SMILES string of the molecule is COCC1CCCN1CCOC1CCC(CC2CCCCC2)CC1. The largest absolute Gasteiger partial charge is 0.383 e. The second-order valence-electron chi connectivity index (χ2n) is 8.54. The Balaban J connectivity index is 1.27. The molecule has 24 heavy (non-hydrogen) atoms. The molecule has 2 aliphatic carbocycles. The molecule has 1 unspecified atom stereocenters. The predicted octanol–water partition coefficient (Wildman–Crippen LogP) is 4.64. The molecule has 3 rings (SSSR count). The number of ether oxygens (including phenoxy) is 2. The van der Waals surface area contributed by atoms with Crippen LogP contribution in [-0.4, -0.2) is 50.5 Å². The van der Waals surface area contributed by atoms with E-state index in [0.717, 1.165) is 31.6 Å². The number of likely N-dealkylation sites (tertiary alicyclic amines) is 1. The maximum absolute atomic E-state index is 6.23. The van der Waals surface area contributed by atoms with Gasteiger partial charge in [-0.25, -0.2) is 0 Å². The van der Waals surface area contributed by atoms with Crippen LogP contribution in [0.1, 0.15) is 77.0 Å². The molecule has 1 saturated heterocycles. The van der Waals surface area contributed by atoms with Crippen molar-refractivity contribution in [2.75, 3.05) is 33.4 Å². The third-order valence-electron chi connectivity index (χ3n) is 6.78. The van der Waals surface area contributed by atoms with Crippen LogP contribution in [0.25, 0.3) is 0 Å². The van der Waals surface area contributed by atoms with Gasteiger partial charge in [0.15, 0.2) is 0 Å². The standard InChI is InChI=1S/C21H39NO2/c1-23-17-20-8-5-13-22(20)14-15-24-21-11-9-19(10-12-21)16-18-6-3-2-4-7-18/h18-21H,2-17H2,1H3. The summed E-state index contributed by atoms with van der Waals surface area (Å²) < 4.78 is 11.6. The second-order valence-corrected chi connectivity index (χ2v) is 8.54. The zero-order valence-corrected chi connectivity index (χ0v) is 15.9. The quantitative estimate of drug-likeness (QED) is 0.644. The molecule has 0 bridgehead atoms. The Morgan fingerprint density at radius 2 is 1.58 bits per heavy atom. The van der Waals surface area contributed by atoms with E-state index in [-0.39, 0.29) is 0 Å². The lowest BCUT2D eigenvalue weighted by molar-refractivity contribution is -0.000559. The Hall–Kier alpha value is -0.120. The lowest BCUT2D eigenvalue weighted by Gasteiger charge is -2.32. The highest BCUT2D eigenvalue weighted by molar-refractivity contribution is 4.80. The number of methoxy groups -OCH3 is 1. The highest BCUT2D eigenvalue weighted by Gasteiger charge is 2.26. The van der Waals surface area contributed by atoms with Crippen molar-refractivity contribution in [1.82, 2.24) is 4.90 Å². The molecule has 0 spiro atoms. The molecular weight excluding hydrogens is 298 g/mol. The summed E-state index contributed by atoms with van der Waals surface area (Å²) in [5.41, 5.74) is 0. The van der Waals surface area contributed by atoms with Crippen LogP contribution in [-0.2, 0) is 9.47 Å². The van der Waals surface area contributed by atoms with Gasteiger partial charge in [0.1, 0.15) is 0 Å². The van der Waals surface area contributed by atoms with Crippen molar-refractivity contribution in [3.05, 3.63) is 0 Å². The summed E-state index contributed by atoms with van der Waals surface area (Å²) in [5, 5.41) is 0. The van der Waals surface area contributed by atoms with Gasteiger partial charge in [0.2, 0.25) is 0 Å². The fourth-order valence-electron chi connectivity index (χ4n) is 5.34. The molecule has 0 N–H and O–H groups in total. The first kappa shape index (κ1) is 18.7. The Labute approximate surface area is 149 Å². The molecule has 1 atom stereocenters. The van der Waals surface area contributed by atoms with Crippen LogP contribution in [0.5, 0.6) is 0 Å². The maximum Gasteiger partial charge on any atom is 0.0618 e. The summed E-state index contributed by atoms with van der Waals surface area (Å²) >= 11 is 0. The van der Waals surface area contributed by atoms with Gasteiger partial charge in [-0.1, -0.05) is 32.1 Å². The van der Waals surface area contributed by atoms with Crippen molar-refractivity contribution in [3.8, 4) is 0 Å². The second kappa shape index (κ2) is 10.1. The van der Waals surface area contributed by atoms with E-state index in [1.165, 1.54) is 83.6 Å². The number of hydrogen-bond donors (Lipinski definition) is 0. The van der Waals surface area contributed by atoms with Crippen LogP contribution >= 0.6 is 0 Å². The number of rotatable bonds is 8. The molecule has 3 nitrogen and oxygen atoms in total. The average Bonchev–Trinajstić information content (AvgIpc) is 3.05. The molecule has 3 heteroatoms. The van der Waals surface area contributed by atoms with Crippen molar-refractivity contribution in [3.63, 3.8) is 0 Å². The number of nitrogens with zero attached hydrogens (tertiary/aromatic N) is 1. The summed E-state index contributed by atoms with van der Waals surface area (Å²) in [6, 6.07) is 0.629. The van der Waals surface area contributed by atoms with Gasteiger partial charge in [-0.15, -0.1) is 0 Å². The summed E-state index contributed by atoms with van der Waals surface area (Å²) in [6.07, 6.45) is 17.6. The molecule has 1 heterocycles. The fraction of sp³-hybridized carbons (Fsp3) is 1.00. The van der Waals surface area contributed by atoms with E-state index in [2.05, 4.69) is 4.90 Å². The molecule has 0 aromatic heterocycles. The van der Waals surface area contributed by atoms with Crippen LogP contribution in [0.2, 0.25) is 0 Å². The van der Waals surface area contributed by atoms with Crippen molar-refractivity contribution in [2.24, 2.45) is 11.8 Å². The predicted molar refractivity (Wildman–Crippen MR) is 99.4 cm³/mol. The van der Waals surface area contributed by atoms with Crippen LogP contribution < -0.4 is 0 Å². The Kier molecular flexibility index (Phi) is 7.88. The Morgan fingerprint density at radius 1 is 0.833 bits per heavy atom. The van der Waals surface area contributed by atoms with Gasteiger partial charge in [0, 0.05) is 19.7 Å². The molecule has 0 aromatic carbocycles. The van der Waals surface area contributed by atoms with Crippen LogP contribution in [0, 0.1) is 11.8 Å². The highest BCUT2D eigenvalue weighted by atomic mass is 16.5. The molecule has 3 fully saturated rings. The lowest BCUT2D eigenvalue weighted by Crippen LogP contribution is -2.36. The normalized spacial score (nSPS) is 33.1. The van der Waals surface area contributed by atoms with Crippen molar-refractivity contribution in [2.45, 2.75) is 89.2 Å². The third kappa shape index (κ3) is 5.71. The zero-order chi connectivity index (χ0) is 16.6. The molecule has 0 radical (unpaired) electrons. The van der Waals surface area contributed by atoms with Crippen LogP contribution in [0.15, 0.2) is 0 Å². The monoisotopic (exact) mass is 337 g/mol. The molecule has 1 aliphatic heterocycles. The van der Waals surface area contributed by atoms with Gasteiger partial charge >= 0.3 is 0 Å². The maximum atomic E-state index is 6.23. The first-order valence-electron chi connectivity index (χ1n) is 10.7. The summed E-state index contributed by atoms with van der Waals surface area (Å²) in [5.74, 6) is 2.05. The van der Waals surface area contributed by atoms with Gasteiger partial charge in [0.05, 0.1) is 19.3 Å². The first-order valence-corrected chi connectivity index (χ1v) is 10.7. The third-order valence-corrected chi connectivity index (χ3v) is 6.78. The molecular formula is C21H39NO2. The summed E-state index contributed by atoms with van der Waals surface area (Å²) in [6.45, 7) is 4.12. The van der Waals surface area contributed by atoms with Gasteiger partial charge in [0.25, 0.3) is 0 Å². The lowest BCUT2D eigenvalue weighted by atomic mass is 9.77. The first-order chi connectivity index (χ1) is 11.8. The minimum atomic E-state index is 0.538. The van der Waals surface area contributed by atoms with Gasteiger partial charge in [-0.05, 0) is 63.3 Å². The Bertz CT molecular complexity index is 335. The average molecular weight is 338 g/mol. The van der Waals surface area contributed by atoms with E-state index < -0.39 is 0 Å². The van der Waals surface area contributed by atoms with Gasteiger partial charge < -0.3 is 9.47 Å². The molecule has 0 amide bonds.